The van der Waals surface area contributed by atoms with Crippen LogP contribution in [0.2, 0.25) is 0 Å². The second kappa shape index (κ2) is 2.96. The van der Waals surface area contributed by atoms with Crippen molar-refractivity contribution >= 4 is 27.4 Å². The number of rotatable bonds is 0. The Hall–Kier alpha value is -1.16. The molecule has 1 aromatic carbocycles. The highest BCUT2D eigenvalue weighted by atomic mass is 79.9. The first kappa shape index (κ1) is 8.44. The molecule has 0 bridgehead atoms. The van der Waals surface area contributed by atoms with Crippen LogP contribution in [0, 0.1) is 0 Å². The second-order valence-electron chi connectivity index (χ2n) is 2.85. The van der Waals surface area contributed by atoms with Gasteiger partial charge in [-0.1, -0.05) is 21.1 Å². The molecule has 0 spiro atoms. The van der Waals surface area contributed by atoms with E-state index in [1.54, 1.807) is 12.1 Å². The lowest BCUT2D eigenvalue weighted by atomic mass is 10.1. The number of fused-ring (bicyclic) bond motifs is 1. The lowest BCUT2D eigenvalue weighted by Crippen LogP contribution is -2.06. The van der Waals surface area contributed by atoms with Gasteiger partial charge in [-0.15, -0.1) is 0 Å². The van der Waals surface area contributed by atoms with E-state index in [1.165, 1.54) is 0 Å². The van der Waals surface area contributed by atoms with Crippen LogP contribution in [0.25, 0.3) is 0 Å². The molecule has 0 saturated heterocycles. The van der Waals surface area contributed by atoms with Crippen LogP contribution < -0.4 is 0 Å². The maximum Gasteiger partial charge on any atom is 0.211 e. The smallest absolute Gasteiger partial charge is 0.211 e. The van der Waals surface area contributed by atoms with Crippen molar-refractivity contribution in [1.29, 1.82) is 0 Å². The standard InChI is InChI=1S/C9H6BrNO2/c10-6-1-2-7-5(3-6)4-8(11-13)9(7)12/h1-3,13H,4H2. The summed E-state index contributed by atoms with van der Waals surface area (Å²) in [6, 6.07) is 5.41. The normalized spacial score (nSPS) is 17.9. The molecule has 1 N–H and O–H groups in total. The Morgan fingerprint density at radius 2 is 2.23 bits per heavy atom. The second-order valence-corrected chi connectivity index (χ2v) is 3.77. The summed E-state index contributed by atoms with van der Waals surface area (Å²) in [5.41, 5.74) is 1.76. The van der Waals surface area contributed by atoms with Gasteiger partial charge in [0.15, 0.2) is 0 Å². The van der Waals surface area contributed by atoms with Gasteiger partial charge in [-0.3, -0.25) is 4.79 Å². The van der Waals surface area contributed by atoms with Crippen molar-refractivity contribution < 1.29 is 10.0 Å². The van der Waals surface area contributed by atoms with Crippen LogP contribution in [0.4, 0.5) is 0 Å². The number of halogens is 1. The van der Waals surface area contributed by atoms with Crippen molar-refractivity contribution in [2.75, 3.05) is 0 Å². The number of oxime groups is 1. The third kappa shape index (κ3) is 1.27. The molecule has 0 fully saturated rings. The zero-order valence-corrected chi connectivity index (χ0v) is 8.21. The van der Waals surface area contributed by atoms with E-state index in [4.69, 9.17) is 5.21 Å². The van der Waals surface area contributed by atoms with E-state index in [0.29, 0.717) is 12.0 Å². The van der Waals surface area contributed by atoms with E-state index >= 15 is 0 Å². The number of Topliss-reactive ketones (excluding diaryl/α,β-unsaturated/α-hetero) is 1. The molecule has 0 saturated carbocycles. The number of carbonyl (C=O) groups is 1. The molecule has 66 valence electrons. The largest absolute Gasteiger partial charge is 0.411 e. The van der Waals surface area contributed by atoms with Gasteiger partial charge < -0.3 is 5.21 Å². The molecule has 13 heavy (non-hydrogen) atoms. The summed E-state index contributed by atoms with van der Waals surface area (Å²) < 4.78 is 0.929. The maximum absolute atomic E-state index is 11.4. The summed E-state index contributed by atoms with van der Waals surface area (Å²) >= 11 is 3.31. The summed E-state index contributed by atoms with van der Waals surface area (Å²) in [5.74, 6) is -0.176. The van der Waals surface area contributed by atoms with Gasteiger partial charge in [-0.25, -0.2) is 0 Å². The van der Waals surface area contributed by atoms with Gasteiger partial charge in [-0.2, -0.15) is 0 Å². The molecule has 2 rings (SSSR count). The van der Waals surface area contributed by atoms with Gasteiger partial charge in [-0.05, 0) is 23.8 Å². The lowest BCUT2D eigenvalue weighted by Gasteiger charge is -1.95. The summed E-state index contributed by atoms with van der Waals surface area (Å²) in [6.07, 6.45) is 0.421. The van der Waals surface area contributed by atoms with Crippen LogP contribution >= 0.6 is 15.9 Å². The van der Waals surface area contributed by atoms with Gasteiger partial charge >= 0.3 is 0 Å². The predicted octanol–water partition coefficient (Wildman–Crippen LogP) is 2.02. The van der Waals surface area contributed by atoms with Crippen molar-refractivity contribution in [2.45, 2.75) is 6.42 Å². The van der Waals surface area contributed by atoms with Crippen molar-refractivity contribution in [1.82, 2.24) is 0 Å². The molecule has 3 nitrogen and oxygen atoms in total. The average Bonchev–Trinajstić information content (AvgIpc) is 2.42. The fraction of sp³-hybridized carbons (Fsp3) is 0.111. The van der Waals surface area contributed by atoms with Gasteiger partial charge in [0.2, 0.25) is 5.78 Å². The SMILES string of the molecule is O=C1C(=NO)Cc2cc(Br)ccc21. The van der Waals surface area contributed by atoms with E-state index in [1.807, 2.05) is 6.07 Å². The van der Waals surface area contributed by atoms with E-state index in [2.05, 4.69) is 21.1 Å². The fourth-order valence-electron chi connectivity index (χ4n) is 1.43. The molecule has 0 aliphatic heterocycles. The Kier molecular flexibility index (Phi) is 1.92. The highest BCUT2D eigenvalue weighted by Crippen LogP contribution is 2.23. The maximum atomic E-state index is 11.4. The first-order valence-corrected chi connectivity index (χ1v) is 4.55. The van der Waals surface area contributed by atoms with Crippen LogP contribution in [-0.4, -0.2) is 16.7 Å². The average molecular weight is 240 g/mol. The van der Waals surface area contributed by atoms with Crippen LogP contribution in [-0.2, 0) is 6.42 Å². The monoisotopic (exact) mass is 239 g/mol. The Balaban J connectivity index is 2.56. The minimum atomic E-state index is -0.176. The molecular weight excluding hydrogens is 234 g/mol. The summed E-state index contributed by atoms with van der Waals surface area (Å²) in [7, 11) is 0. The first-order valence-electron chi connectivity index (χ1n) is 3.76. The van der Waals surface area contributed by atoms with Gasteiger partial charge in [0.25, 0.3) is 0 Å². The van der Waals surface area contributed by atoms with Crippen LogP contribution in [0.1, 0.15) is 15.9 Å². The Bertz CT molecular complexity index is 412. The molecule has 0 heterocycles. The number of hydrogen-bond donors (Lipinski definition) is 1. The Morgan fingerprint density at radius 3 is 2.92 bits per heavy atom. The van der Waals surface area contributed by atoms with Gasteiger partial charge in [0.1, 0.15) is 5.71 Å². The molecule has 0 amide bonds. The molecular formula is C9H6BrNO2. The van der Waals surface area contributed by atoms with Crippen molar-refractivity contribution in [3.63, 3.8) is 0 Å². The van der Waals surface area contributed by atoms with Gasteiger partial charge in [0, 0.05) is 16.5 Å². The van der Waals surface area contributed by atoms with Crippen molar-refractivity contribution in [3.8, 4) is 0 Å². The van der Waals surface area contributed by atoms with Crippen LogP contribution in [0.15, 0.2) is 27.8 Å². The number of nitrogens with zero attached hydrogens (tertiary/aromatic N) is 1. The summed E-state index contributed by atoms with van der Waals surface area (Å²) in [5, 5.41) is 11.5. The minimum Gasteiger partial charge on any atom is -0.411 e. The topological polar surface area (TPSA) is 49.7 Å². The van der Waals surface area contributed by atoms with E-state index in [0.717, 1.165) is 10.0 Å². The quantitative estimate of drug-likeness (QED) is 0.557. The van der Waals surface area contributed by atoms with Crippen molar-refractivity contribution in [2.24, 2.45) is 5.16 Å². The Morgan fingerprint density at radius 1 is 1.46 bits per heavy atom. The highest BCUT2D eigenvalue weighted by Gasteiger charge is 2.26. The molecule has 0 unspecified atom stereocenters. The first-order chi connectivity index (χ1) is 6.22. The number of hydrogen-bond acceptors (Lipinski definition) is 3. The molecule has 4 heteroatoms. The number of carbonyl (C=O) groups excluding carboxylic acids is 1. The van der Waals surface area contributed by atoms with E-state index < -0.39 is 0 Å². The zero-order valence-electron chi connectivity index (χ0n) is 6.62. The summed E-state index contributed by atoms with van der Waals surface area (Å²) in [4.78, 5) is 11.4. The third-order valence-electron chi connectivity index (χ3n) is 2.05. The minimum absolute atomic E-state index is 0.176. The zero-order chi connectivity index (χ0) is 9.42. The third-order valence-corrected chi connectivity index (χ3v) is 2.55. The fourth-order valence-corrected chi connectivity index (χ4v) is 1.84. The van der Waals surface area contributed by atoms with Crippen LogP contribution in [0.3, 0.4) is 0 Å². The molecule has 0 radical (unpaired) electrons. The van der Waals surface area contributed by atoms with Crippen LogP contribution in [0.5, 0.6) is 0 Å². The molecule has 1 aliphatic rings. The van der Waals surface area contributed by atoms with E-state index in [9.17, 15) is 4.79 Å². The molecule has 0 aromatic heterocycles. The lowest BCUT2D eigenvalue weighted by molar-refractivity contribution is 0.106. The predicted molar refractivity (Wildman–Crippen MR) is 51.4 cm³/mol. The number of ketones is 1. The molecule has 1 aromatic rings. The summed E-state index contributed by atoms with van der Waals surface area (Å²) in [6.45, 7) is 0. The van der Waals surface area contributed by atoms with Gasteiger partial charge in [0.05, 0.1) is 0 Å². The van der Waals surface area contributed by atoms with Crippen molar-refractivity contribution in [3.05, 3.63) is 33.8 Å². The Labute approximate surface area is 83.2 Å². The molecule has 0 atom stereocenters. The highest BCUT2D eigenvalue weighted by molar-refractivity contribution is 9.10. The molecule has 1 aliphatic carbocycles. The number of benzene rings is 1. The van der Waals surface area contributed by atoms with E-state index in [-0.39, 0.29) is 11.5 Å².